The molecule has 0 amide bonds. The fraction of sp³-hybridized carbons (Fsp3) is 0.636. The molecule has 4 heterocycles. The molecule has 0 saturated carbocycles. The molecule has 0 radical (unpaired) electrons. The normalized spacial score (nSPS) is 38.6. The van der Waals surface area contributed by atoms with Crippen LogP contribution >= 0.6 is 0 Å². The molecule has 0 spiro atoms. The lowest BCUT2D eigenvalue weighted by molar-refractivity contribution is -0.0573. The van der Waals surface area contributed by atoms with Gasteiger partial charge in [0.1, 0.15) is 0 Å². The third-order valence-electron chi connectivity index (χ3n) is 7.03. The third kappa shape index (κ3) is 2.64. The van der Waals surface area contributed by atoms with E-state index in [1.807, 2.05) is 0 Å². The molecule has 1 aromatic rings. The van der Waals surface area contributed by atoms with Crippen molar-refractivity contribution in [3.05, 3.63) is 41.5 Å². The van der Waals surface area contributed by atoms with Crippen LogP contribution in [0.2, 0.25) is 0 Å². The Hall–Kier alpha value is -1.12. The first-order valence-electron chi connectivity index (χ1n) is 10.1. The van der Waals surface area contributed by atoms with E-state index in [2.05, 4.69) is 46.2 Å². The summed E-state index contributed by atoms with van der Waals surface area (Å²) in [5.41, 5.74) is 3.11. The molecular weight excluding hydrogens is 292 g/mol. The molecular formula is C22H30N2. The molecule has 0 aliphatic carbocycles. The van der Waals surface area contributed by atoms with Gasteiger partial charge in [0.15, 0.2) is 0 Å². The zero-order valence-corrected chi connectivity index (χ0v) is 14.7. The van der Waals surface area contributed by atoms with Crippen LogP contribution in [-0.2, 0) is 0 Å². The van der Waals surface area contributed by atoms with E-state index in [1.165, 1.54) is 70.3 Å². The maximum Gasteiger partial charge on any atom is 0.0351 e. The van der Waals surface area contributed by atoms with Crippen molar-refractivity contribution in [3.63, 3.8) is 0 Å². The minimum absolute atomic E-state index is 0.720. The average molecular weight is 322 g/mol. The van der Waals surface area contributed by atoms with Crippen LogP contribution in [0.5, 0.6) is 0 Å². The zero-order chi connectivity index (χ0) is 15.9. The van der Waals surface area contributed by atoms with Gasteiger partial charge in [0.2, 0.25) is 0 Å². The summed E-state index contributed by atoms with van der Waals surface area (Å²) < 4.78 is 0. The van der Waals surface area contributed by atoms with Crippen molar-refractivity contribution in [2.45, 2.75) is 50.6 Å². The largest absolute Gasteiger partial charge is 0.300 e. The minimum Gasteiger partial charge on any atom is -0.300 e. The van der Waals surface area contributed by atoms with Crippen molar-refractivity contribution in [2.24, 2.45) is 11.8 Å². The number of piperidine rings is 4. The molecule has 4 aliphatic rings. The van der Waals surface area contributed by atoms with Gasteiger partial charge < -0.3 is 0 Å². The molecule has 2 nitrogen and oxygen atoms in total. The summed E-state index contributed by atoms with van der Waals surface area (Å²) in [5, 5.41) is 0. The Morgan fingerprint density at radius 2 is 1.71 bits per heavy atom. The van der Waals surface area contributed by atoms with Crippen LogP contribution < -0.4 is 0 Å². The van der Waals surface area contributed by atoms with Gasteiger partial charge in [-0.05, 0) is 62.6 Å². The predicted molar refractivity (Wildman–Crippen MR) is 99.8 cm³/mol. The molecule has 5 rings (SSSR count). The van der Waals surface area contributed by atoms with E-state index >= 15 is 0 Å². The Balaban J connectivity index is 1.44. The summed E-state index contributed by atoms with van der Waals surface area (Å²) in [6.07, 6.45) is 11.0. The van der Waals surface area contributed by atoms with Gasteiger partial charge in [-0.3, -0.25) is 9.80 Å². The highest BCUT2D eigenvalue weighted by Gasteiger charge is 2.47. The second kappa shape index (κ2) is 6.31. The molecule has 0 N–H and O–H groups in total. The molecule has 24 heavy (non-hydrogen) atoms. The molecule has 128 valence electrons. The Labute approximate surface area is 146 Å². The quantitative estimate of drug-likeness (QED) is 0.770. The molecule has 4 unspecified atom stereocenters. The van der Waals surface area contributed by atoms with E-state index < -0.39 is 0 Å². The number of hydrogen-bond acceptors (Lipinski definition) is 2. The SMILES string of the molecule is C(=C1CCCN2CC3CC(CN4CCCCC34)C12)c1ccccc1. The van der Waals surface area contributed by atoms with E-state index in [0.29, 0.717) is 0 Å². The monoisotopic (exact) mass is 322 g/mol. The highest BCUT2D eigenvalue weighted by Crippen LogP contribution is 2.44. The number of nitrogens with zero attached hydrogens (tertiary/aromatic N) is 2. The number of rotatable bonds is 1. The molecule has 4 saturated heterocycles. The molecule has 2 bridgehead atoms. The topological polar surface area (TPSA) is 6.48 Å². The van der Waals surface area contributed by atoms with Crippen molar-refractivity contribution in [2.75, 3.05) is 26.2 Å². The summed E-state index contributed by atoms with van der Waals surface area (Å²) >= 11 is 0. The van der Waals surface area contributed by atoms with E-state index in [-0.39, 0.29) is 0 Å². The molecule has 4 fully saturated rings. The Bertz CT molecular complexity index is 608. The summed E-state index contributed by atoms with van der Waals surface area (Å²) in [4.78, 5) is 5.73. The van der Waals surface area contributed by atoms with Gasteiger partial charge in [0.25, 0.3) is 0 Å². The smallest absolute Gasteiger partial charge is 0.0351 e. The Kier molecular flexibility index (Phi) is 3.99. The first kappa shape index (κ1) is 15.2. The van der Waals surface area contributed by atoms with Crippen molar-refractivity contribution in [1.29, 1.82) is 0 Å². The van der Waals surface area contributed by atoms with E-state index in [9.17, 15) is 0 Å². The van der Waals surface area contributed by atoms with Crippen molar-refractivity contribution in [1.82, 2.24) is 9.80 Å². The van der Waals surface area contributed by atoms with E-state index in [4.69, 9.17) is 0 Å². The Morgan fingerprint density at radius 3 is 2.62 bits per heavy atom. The first-order chi connectivity index (χ1) is 11.9. The van der Waals surface area contributed by atoms with Crippen LogP contribution in [0.25, 0.3) is 6.08 Å². The lowest BCUT2D eigenvalue weighted by Gasteiger charge is -2.57. The summed E-state index contributed by atoms with van der Waals surface area (Å²) in [5.74, 6) is 1.81. The van der Waals surface area contributed by atoms with Crippen LogP contribution in [-0.4, -0.2) is 48.1 Å². The van der Waals surface area contributed by atoms with Crippen molar-refractivity contribution in [3.8, 4) is 0 Å². The fourth-order valence-corrected chi connectivity index (χ4v) is 6.16. The van der Waals surface area contributed by atoms with Crippen molar-refractivity contribution < 1.29 is 0 Å². The van der Waals surface area contributed by atoms with Crippen LogP contribution in [0, 0.1) is 11.8 Å². The van der Waals surface area contributed by atoms with Gasteiger partial charge in [0.05, 0.1) is 0 Å². The lowest BCUT2D eigenvalue weighted by atomic mass is 9.69. The van der Waals surface area contributed by atoms with Gasteiger partial charge in [-0.15, -0.1) is 0 Å². The lowest BCUT2D eigenvalue weighted by Crippen LogP contribution is -2.63. The van der Waals surface area contributed by atoms with E-state index in [1.54, 1.807) is 5.57 Å². The molecule has 4 aliphatic heterocycles. The van der Waals surface area contributed by atoms with Crippen molar-refractivity contribution >= 4 is 6.08 Å². The second-order valence-electron chi connectivity index (χ2n) is 8.49. The van der Waals surface area contributed by atoms with Gasteiger partial charge in [-0.25, -0.2) is 0 Å². The fourth-order valence-electron chi connectivity index (χ4n) is 6.16. The van der Waals surface area contributed by atoms with Crippen LogP contribution in [0.4, 0.5) is 0 Å². The summed E-state index contributed by atoms with van der Waals surface area (Å²) in [7, 11) is 0. The summed E-state index contributed by atoms with van der Waals surface area (Å²) in [6, 6.07) is 12.6. The minimum atomic E-state index is 0.720. The zero-order valence-electron chi connectivity index (χ0n) is 14.7. The first-order valence-corrected chi connectivity index (χ1v) is 10.1. The van der Waals surface area contributed by atoms with Gasteiger partial charge in [0, 0.05) is 25.2 Å². The number of benzene rings is 1. The average Bonchev–Trinajstić information content (AvgIpc) is 2.63. The maximum absolute atomic E-state index is 2.87. The predicted octanol–water partition coefficient (Wildman–Crippen LogP) is 4.04. The number of hydrogen-bond donors (Lipinski definition) is 0. The standard InChI is InChI=1S/C22H30N2/c1-2-7-17(8-3-1)13-18-9-6-12-24-15-19-14-20(22(18)24)16-23-11-5-4-10-21(19)23/h1-3,7-8,13,19-22H,4-6,9-12,14-16H2. The highest BCUT2D eigenvalue weighted by molar-refractivity contribution is 5.54. The van der Waals surface area contributed by atoms with Crippen LogP contribution in [0.15, 0.2) is 35.9 Å². The second-order valence-corrected chi connectivity index (χ2v) is 8.49. The van der Waals surface area contributed by atoms with Gasteiger partial charge in [-0.1, -0.05) is 48.4 Å². The number of fused-ring (bicyclic) bond motifs is 6. The van der Waals surface area contributed by atoms with E-state index in [0.717, 1.165) is 23.9 Å². The third-order valence-corrected chi connectivity index (χ3v) is 7.03. The van der Waals surface area contributed by atoms with Crippen LogP contribution in [0.3, 0.4) is 0 Å². The molecule has 0 aromatic heterocycles. The van der Waals surface area contributed by atoms with Crippen LogP contribution in [0.1, 0.15) is 44.1 Å². The summed E-state index contributed by atoms with van der Waals surface area (Å²) in [6.45, 7) is 5.40. The maximum atomic E-state index is 2.87. The molecule has 1 aromatic carbocycles. The van der Waals surface area contributed by atoms with Gasteiger partial charge in [-0.2, -0.15) is 0 Å². The molecule has 2 heteroatoms. The van der Waals surface area contributed by atoms with Gasteiger partial charge >= 0.3 is 0 Å². The Morgan fingerprint density at radius 1 is 0.875 bits per heavy atom. The highest BCUT2D eigenvalue weighted by atomic mass is 15.3. The molecule has 4 atom stereocenters.